The van der Waals surface area contributed by atoms with Gasteiger partial charge in [-0.2, -0.15) is 0 Å². The molecule has 2 aromatic carbocycles. The summed E-state index contributed by atoms with van der Waals surface area (Å²) in [5.41, 5.74) is 2.39. The van der Waals surface area contributed by atoms with Gasteiger partial charge in [0.05, 0.1) is 6.42 Å². The van der Waals surface area contributed by atoms with Crippen LogP contribution in [0.4, 0.5) is 5.69 Å². The number of nitrogens with zero attached hydrogens (tertiary/aromatic N) is 3. The monoisotopic (exact) mass is 376 g/mol. The van der Waals surface area contributed by atoms with Gasteiger partial charge < -0.3 is 14.6 Å². The molecule has 1 N–H and O–H groups in total. The van der Waals surface area contributed by atoms with Crippen molar-refractivity contribution < 1.29 is 14.0 Å². The molecule has 1 saturated heterocycles. The van der Waals surface area contributed by atoms with E-state index in [9.17, 15) is 9.59 Å². The predicted molar refractivity (Wildman–Crippen MR) is 103 cm³/mol. The van der Waals surface area contributed by atoms with Gasteiger partial charge in [-0.15, -0.1) is 10.2 Å². The van der Waals surface area contributed by atoms with E-state index in [-0.39, 0.29) is 11.8 Å². The standard InChI is InChI=1S/C21H20N4O3/c26-19(13-15-5-2-1-3-6-15)25-12-4-7-18(25)20(27)23-17-10-8-16(9-11-17)21-24-22-14-28-21/h1-3,5-6,8-11,14,18H,4,7,12-13H2,(H,23,27). The molecular weight excluding hydrogens is 356 g/mol. The van der Waals surface area contributed by atoms with Crippen LogP contribution in [0.5, 0.6) is 0 Å². The van der Waals surface area contributed by atoms with Gasteiger partial charge in [-0.3, -0.25) is 9.59 Å². The van der Waals surface area contributed by atoms with Crippen molar-refractivity contribution in [3.05, 3.63) is 66.6 Å². The third-order valence-electron chi connectivity index (χ3n) is 4.83. The van der Waals surface area contributed by atoms with Gasteiger partial charge in [0, 0.05) is 17.8 Å². The molecule has 7 nitrogen and oxygen atoms in total. The van der Waals surface area contributed by atoms with Crippen LogP contribution in [0.2, 0.25) is 0 Å². The third kappa shape index (κ3) is 3.93. The number of hydrogen-bond acceptors (Lipinski definition) is 5. The number of anilines is 1. The number of carbonyl (C=O) groups is 2. The molecule has 4 rings (SSSR count). The summed E-state index contributed by atoms with van der Waals surface area (Å²) in [6, 6.07) is 16.3. The first-order valence-electron chi connectivity index (χ1n) is 9.21. The molecule has 142 valence electrons. The molecule has 2 heterocycles. The van der Waals surface area contributed by atoms with Crippen molar-refractivity contribution in [1.82, 2.24) is 15.1 Å². The van der Waals surface area contributed by atoms with Crippen molar-refractivity contribution in [1.29, 1.82) is 0 Å². The molecule has 1 unspecified atom stereocenters. The molecule has 3 aromatic rings. The first-order chi connectivity index (χ1) is 13.7. The summed E-state index contributed by atoms with van der Waals surface area (Å²) >= 11 is 0. The first kappa shape index (κ1) is 17.9. The van der Waals surface area contributed by atoms with Crippen LogP contribution in [-0.4, -0.2) is 39.5 Å². The Labute approximate surface area is 162 Å². The number of likely N-dealkylation sites (tertiary alicyclic amines) is 1. The Morgan fingerprint density at radius 2 is 1.89 bits per heavy atom. The highest BCUT2D eigenvalue weighted by molar-refractivity contribution is 5.97. The van der Waals surface area contributed by atoms with Crippen LogP contribution in [0, 0.1) is 0 Å². The number of rotatable bonds is 5. The number of amides is 2. The Bertz CT molecular complexity index is 940. The van der Waals surface area contributed by atoms with Gasteiger partial charge in [0.2, 0.25) is 24.1 Å². The molecule has 1 atom stereocenters. The highest BCUT2D eigenvalue weighted by Gasteiger charge is 2.33. The van der Waals surface area contributed by atoms with E-state index < -0.39 is 6.04 Å². The average Bonchev–Trinajstić information content (AvgIpc) is 3.41. The minimum atomic E-state index is -0.438. The molecule has 1 aliphatic heterocycles. The summed E-state index contributed by atoms with van der Waals surface area (Å²) in [5, 5.41) is 10.4. The van der Waals surface area contributed by atoms with Gasteiger partial charge in [0.1, 0.15) is 6.04 Å². The maximum Gasteiger partial charge on any atom is 0.247 e. The zero-order valence-electron chi connectivity index (χ0n) is 15.2. The molecule has 0 radical (unpaired) electrons. The lowest BCUT2D eigenvalue weighted by atomic mass is 10.1. The molecule has 0 spiro atoms. The van der Waals surface area contributed by atoms with Crippen molar-refractivity contribution >= 4 is 17.5 Å². The minimum Gasteiger partial charge on any atom is -0.423 e. The van der Waals surface area contributed by atoms with E-state index in [1.165, 1.54) is 6.39 Å². The Kier molecular flexibility index (Phi) is 5.14. The van der Waals surface area contributed by atoms with Crippen molar-refractivity contribution in [2.24, 2.45) is 0 Å². The second kappa shape index (κ2) is 8.04. The van der Waals surface area contributed by atoms with Crippen LogP contribution < -0.4 is 5.32 Å². The van der Waals surface area contributed by atoms with Gasteiger partial charge >= 0.3 is 0 Å². The number of aromatic nitrogens is 2. The van der Waals surface area contributed by atoms with Crippen LogP contribution in [0.25, 0.3) is 11.5 Å². The maximum atomic E-state index is 12.7. The summed E-state index contributed by atoms with van der Waals surface area (Å²) in [6.45, 7) is 0.611. The fraction of sp³-hybridized carbons (Fsp3) is 0.238. The van der Waals surface area contributed by atoms with Crippen LogP contribution in [0.15, 0.2) is 65.4 Å². The second-order valence-electron chi connectivity index (χ2n) is 6.72. The summed E-state index contributed by atoms with van der Waals surface area (Å²) in [4.78, 5) is 27.1. The summed E-state index contributed by atoms with van der Waals surface area (Å²) in [6.07, 6.45) is 3.08. The van der Waals surface area contributed by atoms with E-state index in [0.29, 0.717) is 31.0 Å². The summed E-state index contributed by atoms with van der Waals surface area (Å²) in [5.74, 6) is 0.242. The molecule has 0 aliphatic carbocycles. The van der Waals surface area contributed by atoms with E-state index in [2.05, 4.69) is 15.5 Å². The minimum absolute atomic E-state index is 0.0180. The number of hydrogen-bond donors (Lipinski definition) is 1. The van der Waals surface area contributed by atoms with Crippen molar-refractivity contribution in [3.63, 3.8) is 0 Å². The zero-order valence-corrected chi connectivity index (χ0v) is 15.2. The molecule has 0 bridgehead atoms. The van der Waals surface area contributed by atoms with E-state index in [1.54, 1.807) is 29.2 Å². The topological polar surface area (TPSA) is 88.3 Å². The first-order valence-corrected chi connectivity index (χ1v) is 9.21. The van der Waals surface area contributed by atoms with Gasteiger partial charge in [-0.25, -0.2) is 0 Å². The van der Waals surface area contributed by atoms with Gasteiger partial charge in [0.15, 0.2) is 0 Å². The molecule has 7 heteroatoms. The second-order valence-corrected chi connectivity index (χ2v) is 6.72. The number of nitrogens with one attached hydrogen (secondary N) is 1. The average molecular weight is 376 g/mol. The van der Waals surface area contributed by atoms with Gasteiger partial charge in [0.25, 0.3) is 0 Å². The third-order valence-corrected chi connectivity index (χ3v) is 4.83. The van der Waals surface area contributed by atoms with Crippen LogP contribution in [0.3, 0.4) is 0 Å². The highest BCUT2D eigenvalue weighted by Crippen LogP contribution is 2.22. The molecule has 0 saturated carbocycles. The van der Waals surface area contributed by atoms with Gasteiger partial charge in [-0.1, -0.05) is 30.3 Å². The van der Waals surface area contributed by atoms with E-state index in [1.807, 2.05) is 30.3 Å². The lowest BCUT2D eigenvalue weighted by Gasteiger charge is -2.24. The Morgan fingerprint density at radius 1 is 1.11 bits per heavy atom. The van der Waals surface area contributed by atoms with Crippen LogP contribution in [-0.2, 0) is 16.0 Å². The molecular formula is C21H20N4O3. The smallest absolute Gasteiger partial charge is 0.247 e. The molecule has 1 aromatic heterocycles. The number of benzene rings is 2. The largest absolute Gasteiger partial charge is 0.423 e. The predicted octanol–water partition coefficient (Wildman–Crippen LogP) is 2.91. The lowest BCUT2D eigenvalue weighted by molar-refractivity contribution is -0.136. The molecule has 2 amide bonds. The van der Waals surface area contributed by atoms with E-state index in [4.69, 9.17) is 4.42 Å². The van der Waals surface area contributed by atoms with Crippen molar-refractivity contribution in [2.45, 2.75) is 25.3 Å². The zero-order chi connectivity index (χ0) is 19.3. The maximum absolute atomic E-state index is 12.7. The number of carbonyl (C=O) groups excluding carboxylic acids is 2. The van der Waals surface area contributed by atoms with Crippen LogP contribution >= 0.6 is 0 Å². The molecule has 1 fully saturated rings. The fourth-order valence-electron chi connectivity index (χ4n) is 3.43. The molecule has 28 heavy (non-hydrogen) atoms. The van der Waals surface area contributed by atoms with E-state index >= 15 is 0 Å². The quantitative estimate of drug-likeness (QED) is 0.740. The molecule has 1 aliphatic rings. The van der Waals surface area contributed by atoms with Gasteiger partial charge in [-0.05, 0) is 42.7 Å². The lowest BCUT2D eigenvalue weighted by Crippen LogP contribution is -2.43. The highest BCUT2D eigenvalue weighted by atomic mass is 16.4. The summed E-state index contributed by atoms with van der Waals surface area (Å²) < 4.78 is 5.16. The Morgan fingerprint density at radius 3 is 2.61 bits per heavy atom. The fourth-order valence-corrected chi connectivity index (χ4v) is 3.43. The Hall–Kier alpha value is -3.48. The normalized spacial score (nSPS) is 16.1. The van der Waals surface area contributed by atoms with Crippen LogP contribution in [0.1, 0.15) is 18.4 Å². The summed E-state index contributed by atoms with van der Waals surface area (Å²) in [7, 11) is 0. The van der Waals surface area contributed by atoms with Crippen molar-refractivity contribution in [3.8, 4) is 11.5 Å². The van der Waals surface area contributed by atoms with Crippen molar-refractivity contribution in [2.75, 3.05) is 11.9 Å². The van der Waals surface area contributed by atoms with E-state index in [0.717, 1.165) is 17.5 Å². The SMILES string of the molecule is O=C(Nc1ccc(-c2nnco2)cc1)C1CCCN1C(=O)Cc1ccccc1. The Balaban J connectivity index is 1.40.